The fourth-order valence-electron chi connectivity index (χ4n) is 1.60. The van der Waals surface area contributed by atoms with Crippen LogP contribution in [0.2, 0.25) is 0 Å². The Morgan fingerprint density at radius 2 is 2.24 bits per heavy atom. The van der Waals surface area contributed by atoms with Gasteiger partial charge in [0.25, 0.3) is 5.91 Å². The molecule has 1 amide bonds. The third kappa shape index (κ3) is 3.20. The van der Waals surface area contributed by atoms with Crippen molar-refractivity contribution in [2.24, 2.45) is 5.41 Å². The Bertz CT molecular complexity index is 446. The average Bonchev–Trinajstić information content (AvgIpc) is 3.10. The highest BCUT2D eigenvalue weighted by Crippen LogP contribution is 2.44. The molecule has 0 saturated heterocycles. The predicted octanol–water partition coefficient (Wildman–Crippen LogP) is 2.56. The Labute approximate surface area is 122 Å². The third-order valence-corrected chi connectivity index (χ3v) is 4.45. The molecule has 0 unspecified atom stereocenters. The van der Waals surface area contributed by atoms with Crippen LogP contribution in [0, 0.1) is 8.99 Å². The molecule has 0 heterocycles. The second-order valence-corrected chi connectivity index (χ2v) is 6.56. The van der Waals surface area contributed by atoms with E-state index in [0.29, 0.717) is 12.1 Å². The zero-order chi connectivity index (χ0) is 12.5. The van der Waals surface area contributed by atoms with Gasteiger partial charge < -0.3 is 10.4 Å². The lowest BCUT2D eigenvalue weighted by molar-refractivity contribution is 0.0934. The molecule has 0 spiro atoms. The Morgan fingerprint density at radius 1 is 1.53 bits per heavy atom. The molecule has 0 bridgehead atoms. The van der Waals surface area contributed by atoms with Crippen LogP contribution >= 0.6 is 38.5 Å². The molecule has 0 atom stereocenters. The molecule has 2 rings (SSSR count). The van der Waals surface area contributed by atoms with E-state index in [1.54, 1.807) is 0 Å². The smallest absolute Gasteiger partial charge is 0.252 e. The summed E-state index contributed by atoms with van der Waals surface area (Å²) in [5, 5.41) is 12.1. The maximum atomic E-state index is 12.0. The van der Waals surface area contributed by atoms with Crippen LogP contribution in [0.3, 0.4) is 0 Å². The second-order valence-electron chi connectivity index (χ2n) is 4.46. The number of hydrogen-bond donors (Lipinski definition) is 2. The summed E-state index contributed by atoms with van der Waals surface area (Å²) in [5.74, 6) is -0.0879. The molecule has 1 aliphatic carbocycles. The van der Waals surface area contributed by atoms with Crippen molar-refractivity contribution in [2.45, 2.75) is 12.8 Å². The zero-order valence-electron chi connectivity index (χ0n) is 9.17. The van der Waals surface area contributed by atoms with Crippen LogP contribution in [0.4, 0.5) is 0 Å². The van der Waals surface area contributed by atoms with Crippen LogP contribution in [-0.4, -0.2) is 24.2 Å². The number of rotatable bonds is 4. The van der Waals surface area contributed by atoms with Crippen molar-refractivity contribution >= 4 is 44.4 Å². The number of halogens is 2. The van der Waals surface area contributed by atoms with Crippen molar-refractivity contribution in [3.05, 3.63) is 31.8 Å². The van der Waals surface area contributed by atoms with Gasteiger partial charge in [0.1, 0.15) is 0 Å². The summed E-state index contributed by atoms with van der Waals surface area (Å²) in [6.07, 6.45) is 1.99. The lowest BCUT2D eigenvalue weighted by atomic mass is 10.1. The lowest BCUT2D eigenvalue weighted by Crippen LogP contribution is -2.32. The standard InChI is InChI=1S/C12H13BrINO2/c13-10-2-1-8(14)5-9(10)11(17)15-6-12(7-16)3-4-12/h1-2,5,16H,3-4,6-7H2,(H,15,17). The van der Waals surface area contributed by atoms with E-state index in [1.165, 1.54) is 0 Å². The fourth-order valence-corrected chi connectivity index (χ4v) is 2.52. The maximum absolute atomic E-state index is 12.0. The van der Waals surface area contributed by atoms with Gasteiger partial charge in [-0.25, -0.2) is 0 Å². The monoisotopic (exact) mass is 409 g/mol. The minimum absolute atomic E-state index is 0.0515. The molecule has 92 valence electrons. The second kappa shape index (κ2) is 5.24. The number of aliphatic hydroxyl groups excluding tert-OH is 1. The molecule has 1 aliphatic rings. The molecule has 1 aromatic rings. The molecule has 0 radical (unpaired) electrons. The Morgan fingerprint density at radius 3 is 2.82 bits per heavy atom. The van der Waals surface area contributed by atoms with Gasteiger partial charge in [-0.1, -0.05) is 0 Å². The zero-order valence-corrected chi connectivity index (χ0v) is 12.9. The van der Waals surface area contributed by atoms with Gasteiger partial charge in [-0.3, -0.25) is 4.79 Å². The van der Waals surface area contributed by atoms with E-state index in [1.807, 2.05) is 18.2 Å². The SMILES string of the molecule is O=C(NCC1(CO)CC1)c1cc(I)ccc1Br. The van der Waals surface area contributed by atoms with Gasteiger partial charge in [-0.2, -0.15) is 0 Å². The first-order valence-corrected chi connectivity index (χ1v) is 7.28. The summed E-state index contributed by atoms with van der Waals surface area (Å²) in [4.78, 5) is 12.0. The molecular weight excluding hydrogens is 397 g/mol. The van der Waals surface area contributed by atoms with Crippen LogP contribution in [0.1, 0.15) is 23.2 Å². The summed E-state index contributed by atoms with van der Waals surface area (Å²) in [6, 6.07) is 5.66. The summed E-state index contributed by atoms with van der Waals surface area (Å²) in [6.45, 7) is 0.709. The highest BCUT2D eigenvalue weighted by atomic mass is 127. The van der Waals surface area contributed by atoms with Gasteiger partial charge in [0.15, 0.2) is 0 Å². The number of amides is 1. The first kappa shape index (κ1) is 13.3. The van der Waals surface area contributed by atoms with E-state index in [0.717, 1.165) is 20.9 Å². The first-order chi connectivity index (χ1) is 8.06. The number of hydrogen-bond acceptors (Lipinski definition) is 2. The molecule has 0 aliphatic heterocycles. The van der Waals surface area contributed by atoms with Crippen molar-refractivity contribution in [1.82, 2.24) is 5.32 Å². The third-order valence-electron chi connectivity index (χ3n) is 3.09. The van der Waals surface area contributed by atoms with Gasteiger partial charge in [0.05, 0.1) is 12.2 Å². The van der Waals surface area contributed by atoms with E-state index in [2.05, 4.69) is 43.8 Å². The summed E-state index contributed by atoms with van der Waals surface area (Å²) >= 11 is 5.55. The van der Waals surface area contributed by atoms with Crippen molar-refractivity contribution in [2.75, 3.05) is 13.2 Å². The number of nitrogens with one attached hydrogen (secondary N) is 1. The van der Waals surface area contributed by atoms with E-state index in [-0.39, 0.29) is 17.9 Å². The summed E-state index contributed by atoms with van der Waals surface area (Å²) in [7, 11) is 0. The fraction of sp³-hybridized carbons (Fsp3) is 0.417. The van der Waals surface area contributed by atoms with Gasteiger partial charge in [-0.05, 0) is 69.6 Å². The highest BCUT2D eigenvalue weighted by Gasteiger charge is 2.42. The van der Waals surface area contributed by atoms with E-state index >= 15 is 0 Å². The summed E-state index contributed by atoms with van der Waals surface area (Å²) in [5.41, 5.74) is 0.593. The number of carbonyl (C=O) groups is 1. The van der Waals surface area contributed by atoms with Crippen molar-refractivity contribution in [3.8, 4) is 0 Å². The van der Waals surface area contributed by atoms with Crippen molar-refractivity contribution in [1.29, 1.82) is 0 Å². The molecular formula is C12H13BrINO2. The first-order valence-electron chi connectivity index (χ1n) is 5.40. The lowest BCUT2D eigenvalue weighted by Gasteiger charge is -2.13. The van der Waals surface area contributed by atoms with Crippen molar-refractivity contribution < 1.29 is 9.90 Å². The van der Waals surface area contributed by atoms with Crippen molar-refractivity contribution in [3.63, 3.8) is 0 Å². The van der Waals surface area contributed by atoms with Gasteiger partial charge in [-0.15, -0.1) is 0 Å². The Kier molecular flexibility index (Phi) is 4.10. The Hall–Kier alpha value is -0.140. The van der Waals surface area contributed by atoms with E-state index in [9.17, 15) is 9.90 Å². The normalized spacial score (nSPS) is 16.6. The molecule has 0 aromatic heterocycles. The molecule has 2 N–H and O–H groups in total. The highest BCUT2D eigenvalue weighted by molar-refractivity contribution is 14.1. The average molecular weight is 410 g/mol. The molecule has 17 heavy (non-hydrogen) atoms. The van der Waals surface area contributed by atoms with Gasteiger partial charge in [0.2, 0.25) is 0 Å². The Balaban J connectivity index is 2.02. The molecule has 1 aromatic carbocycles. The largest absolute Gasteiger partial charge is 0.396 e. The molecule has 1 saturated carbocycles. The van der Waals surface area contributed by atoms with Crippen LogP contribution in [0.15, 0.2) is 22.7 Å². The van der Waals surface area contributed by atoms with E-state index < -0.39 is 0 Å². The minimum Gasteiger partial charge on any atom is -0.396 e. The van der Waals surface area contributed by atoms with Crippen LogP contribution < -0.4 is 5.32 Å². The van der Waals surface area contributed by atoms with Crippen LogP contribution in [0.25, 0.3) is 0 Å². The van der Waals surface area contributed by atoms with Gasteiger partial charge >= 0.3 is 0 Å². The minimum atomic E-state index is -0.0879. The topological polar surface area (TPSA) is 49.3 Å². The number of carbonyl (C=O) groups excluding carboxylic acids is 1. The van der Waals surface area contributed by atoms with E-state index in [4.69, 9.17) is 0 Å². The maximum Gasteiger partial charge on any atom is 0.252 e. The number of benzene rings is 1. The summed E-state index contributed by atoms with van der Waals surface area (Å²) < 4.78 is 1.82. The molecule has 5 heteroatoms. The van der Waals surface area contributed by atoms with Crippen LogP contribution in [-0.2, 0) is 0 Å². The van der Waals surface area contributed by atoms with Gasteiger partial charge in [0, 0.05) is 20.0 Å². The quantitative estimate of drug-likeness (QED) is 0.751. The van der Waals surface area contributed by atoms with Crippen LogP contribution in [0.5, 0.6) is 0 Å². The molecule has 3 nitrogen and oxygen atoms in total. The molecule has 1 fully saturated rings. The predicted molar refractivity (Wildman–Crippen MR) is 77.9 cm³/mol. The number of aliphatic hydroxyl groups is 1.